The predicted octanol–water partition coefficient (Wildman–Crippen LogP) is 1.73. The molecular weight excluding hydrogens is 268 g/mol. The van der Waals surface area contributed by atoms with E-state index >= 15 is 0 Å². The lowest BCUT2D eigenvalue weighted by Gasteiger charge is -2.23. The predicted molar refractivity (Wildman–Crippen MR) is 73.0 cm³/mol. The van der Waals surface area contributed by atoms with Gasteiger partial charge in [-0.25, -0.2) is 0 Å². The van der Waals surface area contributed by atoms with Gasteiger partial charge in [0.25, 0.3) is 5.69 Å². The van der Waals surface area contributed by atoms with Gasteiger partial charge in [0.1, 0.15) is 12.0 Å². The zero-order valence-electron chi connectivity index (χ0n) is 10.2. The first kappa shape index (κ1) is 13.7. The van der Waals surface area contributed by atoms with Crippen molar-refractivity contribution < 1.29 is 13.9 Å². The minimum absolute atomic E-state index is 0.0958. The van der Waals surface area contributed by atoms with Crippen LogP contribution in [0.2, 0.25) is 0 Å². The van der Waals surface area contributed by atoms with Crippen molar-refractivity contribution in [1.29, 1.82) is 0 Å². The van der Waals surface area contributed by atoms with Crippen molar-refractivity contribution in [2.24, 2.45) is 0 Å². The van der Waals surface area contributed by atoms with Crippen LogP contribution in [-0.4, -0.2) is 33.0 Å². The van der Waals surface area contributed by atoms with Gasteiger partial charge in [0.05, 0.1) is 4.92 Å². The Balaban J connectivity index is 2.17. The first-order chi connectivity index (χ1) is 9.10. The smallest absolute Gasteiger partial charge is 0.293 e. The van der Waals surface area contributed by atoms with E-state index in [1.807, 2.05) is 0 Å². The zero-order valence-corrected chi connectivity index (χ0v) is 11.0. The Kier molecular flexibility index (Phi) is 4.26. The van der Waals surface area contributed by atoms with E-state index in [2.05, 4.69) is 5.32 Å². The van der Waals surface area contributed by atoms with Crippen LogP contribution in [0, 0.1) is 10.1 Å². The molecule has 0 amide bonds. The van der Waals surface area contributed by atoms with Crippen LogP contribution in [0.1, 0.15) is 23.2 Å². The molecule has 19 heavy (non-hydrogen) atoms. The van der Waals surface area contributed by atoms with E-state index in [1.165, 1.54) is 6.07 Å². The van der Waals surface area contributed by atoms with Gasteiger partial charge in [-0.2, -0.15) is 0 Å². The SMILES string of the molecule is O=Cc1ccc(NC2CCS(=O)CC2)c([N+](=O)[O-])c1. The molecular formula is C12H14N2O4S. The maximum absolute atomic E-state index is 11.3. The van der Waals surface area contributed by atoms with E-state index in [-0.39, 0.29) is 17.3 Å². The molecule has 1 N–H and O–H groups in total. The molecule has 0 unspecified atom stereocenters. The van der Waals surface area contributed by atoms with E-state index in [0.717, 1.165) is 12.8 Å². The largest absolute Gasteiger partial charge is 0.377 e. The first-order valence-corrected chi connectivity index (χ1v) is 7.44. The molecule has 0 saturated carbocycles. The van der Waals surface area contributed by atoms with Crippen LogP contribution in [0.4, 0.5) is 11.4 Å². The third kappa shape index (κ3) is 3.37. The number of benzene rings is 1. The average Bonchev–Trinajstić information content (AvgIpc) is 2.41. The van der Waals surface area contributed by atoms with E-state index in [0.29, 0.717) is 23.5 Å². The van der Waals surface area contributed by atoms with Crippen LogP contribution in [0.15, 0.2) is 18.2 Å². The molecule has 102 valence electrons. The molecule has 7 heteroatoms. The summed E-state index contributed by atoms with van der Waals surface area (Å²) in [6.07, 6.45) is 2.05. The third-order valence-electron chi connectivity index (χ3n) is 3.10. The Labute approximate surface area is 112 Å². The summed E-state index contributed by atoms with van der Waals surface area (Å²) in [7, 11) is -0.758. The number of nitro groups is 1. The highest BCUT2D eigenvalue weighted by Gasteiger charge is 2.21. The van der Waals surface area contributed by atoms with Crippen molar-refractivity contribution >= 4 is 28.5 Å². The molecule has 0 bridgehead atoms. The molecule has 1 aromatic carbocycles. The molecule has 1 aliphatic rings. The summed E-state index contributed by atoms with van der Waals surface area (Å²) in [5.74, 6) is 1.25. The number of rotatable bonds is 4. The number of nitrogens with zero attached hydrogens (tertiary/aromatic N) is 1. The first-order valence-electron chi connectivity index (χ1n) is 5.95. The van der Waals surface area contributed by atoms with Gasteiger partial charge < -0.3 is 5.32 Å². The lowest BCUT2D eigenvalue weighted by Crippen LogP contribution is -2.29. The summed E-state index contributed by atoms with van der Waals surface area (Å²) in [6.45, 7) is 0. The van der Waals surface area contributed by atoms with Gasteiger partial charge in [0.2, 0.25) is 0 Å². The fourth-order valence-electron chi connectivity index (χ4n) is 2.05. The van der Waals surface area contributed by atoms with Crippen LogP contribution < -0.4 is 5.32 Å². The number of aldehydes is 1. The van der Waals surface area contributed by atoms with Crippen molar-refractivity contribution in [2.75, 3.05) is 16.8 Å². The lowest BCUT2D eigenvalue weighted by molar-refractivity contribution is -0.384. The van der Waals surface area contributed by atoms with Gasteiger partial charge in [-0.1, -0.05) is 0 Å². The van der Waals surface area contributed by atoms with Crippen LogP contribution in [0.3, 0.4) is 0 Å². The van der Waals surface area contributed by atoms with Crippen LogP contribution in [0.25, 0.3) is 0 Å². The normalized spacial score (nSPS) is 22.7. The van der Waals surface area contributed by atoms with E-state index in [4.69, 9.17) is 0 Å². The second kappa shape index (κ2) is 5.92. The molecule has 1 fully saturated rings. The fourth-order valence-corrected chi connectivity index (χ4v) is 3.35. The summed E-state index contributed by atoms with van der Waals surface area (Å²) in [4.78, 5) is 21.1. The monoisotopic (exact) mass is 282 g/mol. The van der Waals surface area contributed by atoms with Gasteiger partial charge in [0.15, 0.2) is 0 Å². The minimum Gasteiger partial charge on any atom is -0.377 e. The quantitative estimate of drug-likeness (QED) is 0.516. The molecule has 1 aliphatic heterocycles. The second-order valence-corrected chi connectivity index (χ2v) is 6.11. The van der Waals surface area contributed by atoms with E-state index in [1.54, 1.807) is 12.1 Å². The zero-order chi connectivity index (χ0) is 13.8. The lowest BCUT2D eigenvalue weighted by atomic mass is 10.1. The van der Waals surface area contributed by atoms with E-state index in [9.17, 15) is 19.1 Å². The maximum atomic E-state index is 11.3. The van der Waals surface area contributed by atoms with E-state index < -0.39 is 15.7 Å². The Hall–Kier alpha value is -1.76. The Morgan fingerprint density at radius 3 is 2.63 bits per heavy atom. The molecule has 0 spiro atoms. The van der Waals surface area contributed by atoms with Gasteiger partial charge in [0, 0.05) is 40.0 Å². The summed E-state index contributed by atoms with van der Waals surface area (Å²) in [6, 6.07) is 4.45. The highest BCUT2D eigenvalue weighted by Crippen LogP contribution is 2.27. The number of hydrogen-bond acceptors (Lipinski definition) is 5. The molecule has 0 atom stereocenters. The van der Waals surface area contributed by atoms with Crippen LogP contribution in [-0.2, 0) is 10.8 Å². The van der Waals surface area contributed by atoms with Gasteiger partial charge in [-0.15, -0.1) is 0 Å². The van der Waals surface area contributed by atoms with Gasteiger partial charge >= 0.3 is 0 Å². The Morgan fingerprint density at radius 2 is 2.05 bits per heavy atom. The van der Waals surface area contributed by atoms with Gasteiger partial charge in [-0.05, 0) is 25.0 Å². The van der Waals surface area contributed by atoms with Crippen molar-refractivity contribution in [3.8, 4) is 0 Å². The maximum Gasteiger partial charge on any atom is 0.293 e. The number of carbonyl (C=O) groups excluding carboxylic acids is 1. The second-order valence-electron chi connectivity index (χ2n) is 4.42. The molecule has 0 aromatic heterocycles. The van der Waals surface area contributed by atoms with Crippen molar-refractivity contribution in [3.05, 3.63) is 33.9 Å². The van der Waals surface area contributed by atoms with Crippen LogP contribution >= 0.6 is 0 Å². The summed E-state index contributed by atoms with van der Waals surface area (Å²) < 4.78 is 11.3. The van der Waals surface area contributed by atoms with Crippen molar-refractivity contribution in [1.82, 2.24) is 0 Å². The standard InChI is InChI=1S/C12H14N2O4S/c15-8-9-1-2-11(12(7-9)14(16)17)13-10-3-5-19(18)6-4-10/h1-2,7-8,10,13H,3-6H2. The Morgan fingerprint density at radius 1 is 1.37 bits per heavy atom. The van der Waals surface area contributed by atoms with Crippen molar-refractivity contribution in [2.45, 2.75) is 18.9 Å². The topological polar surface area (TPSA) is 89.3 Å². The molecule has 1 saturated heterocycles. The number of hydrogen-bond donors (Lipinski definition) is 1. The highest BCUT2D eigenvalue weighted by atomic mass is 32.2. The molecule has 0 aliphatic carbocycles. The summed E-state index contributed by atoms with van der Waals surface area (Å²) in [5, 5.41) is 14.1. The highest BCUT2D eigenvalue weighted by molar-refractivity contribution is 7.85. The minimum atomic E-state index is -0.758. The molecule has 6 nitrogen and oxygen atoms in total. The summed E-state index contributed by atoms with van der Waals surface area (Å²) >= 11 is 0. The molecule has 0 radical (unpaired) electrons. The Bertz CT molecular complexity index is 522. The molecule has 2 rings (SSSR count). The molecule has 1 aromatic rings. The average molecular weight is 282 g/mol. The fraction of sp³-hybridized carbons (Fsp3) is 0.417. The van der Waals surface area contributed by atoms with Crippen LogP contribution in [0.5, 0.6) is 0 Å². The number of anilines is 1. The molecule has 1 heterocycles. The number of carbonyl (C=O) groups is 1. The summed E-state index contributed by atoms with van der Waals surface area (Å²) in [5.41, 5.74) is 0.589. The number of nitro benzene ring substituents is 1. The third-order valence-corrected chi connectivity index (χ3v) is 4.48. The van der Waals surface area contributed by atoms with Gasteiger partial charge in [-0.3, -0.25) is 19.1 Å². The van der Waals surface area contributed by atoms with Crippen molar-refractivity contribution in [3.63, 3.8) is 0 Å². The number of nitrogens with one attached hydrogen (secondary N) is 1.